The molecule has 3 heteroatoms. The highest BCUT2D eigenvalue weighted by atomic mass is 35.5. The van der Waals surface area contributed by atoms with Crippen LogP contribution in [-0.4, -0.2) is 12.5 Å². The van der Waals surface area contributed by atoms with Gasteiger partial charge in [0.25, 0.3) is 0 Å². The molecular formula is C15H22ClNO. The monoisotopic (exact) mass is 267 g/mol. The fraction of sp³-hybridized carbons (Fsp3) is 0.533. The standard InChI is InChI=1S/C15H22ClNO/c1-3-5-12(2)10-15(18)17-9-8-13-6-4-7-14(16)11-13/h4,6-7,11-12H,3,5,8-10H2,1-2H3,(H,17,18). The number of nitrogens with one attached hydrogen (secondary N) is 1. The van der Waals surface area contributed by atoms with Crippen molar-refractivity contribution < 1.29 is 4.79 Å². The van der Waals surface area contributed by atoms with E-state index < -0.39 is 0 Å². The molecule has 0 radical (unpaired) electrons. The molecule has 100 valence electrons. The molecule has 18 heavy (non-hydrogen) atoms. The smallest absolute Gasteiger partial charge is 0.220 e. The van der Waals surface area contributed by atoms with Crippen molar-refractivity contribution in [3.05, 3.63) is 34.9 Å². The molecule has 0 fully saturated rings. The summed E-state index contributed by atoms with van der Waals surface area (Å²) in [5.41, 5.74) is 1.16. The molecule has 2 nitrogen and oxygen atoms in total. The lowest BCUT2D eigenvalue weighted by Gasteiger charge is -2.10. The van der Waals surface area contributed by atoms with Crippen LogP contribution in [0, 0.1) is 5.92 Å². The number of carbonyl (C=O) groups is 1. The molecule has 1 aromatic carbocycles. The van der Waals surface area contributed by atoms with Crippen LogP contribution in [0.25, 0.3) is 0 Å². The zero-order valence-electron chi connectivity index (χ0n) is 11.2. The summed E-state index contributed by atoms with van der Waals surface area (Å²) >= 11 is 5.90. The minimum atomic E-state index is 0.151. The number of hydrogen-bond acceptors (Lipinski definition) is 1. The van der Waals surface area contributed by atoms with Gasteiger partial charge in [0.2, 0.25) is 5.91 Å². The van der Waals surface area contributed by atoms with Crippen LogP contribution in [-0.2, 0) is 11.2 Å². The molecule has 0 spiro atoms. The molecular weight excluding hydrogens is 246 g/mol. The molecule has 1 rings (SSSR count). The lowest BCUT2D eigenvalue weighted by molar-refractivity contribution is -0.121. The van der Waals surface area contributed by atoms with Crippen molar-refractivity contribution in [3.63, 3.8) is 0 Å². The molecule has 1 atom stereocenters. The summed E-state index contributed by atoms with van der Waals surface area (Å²) in [7, 11) is 0. The summed E-state index contributed by atoms with van der Waals surface area (Å²) in [6.07, 6.45) is 3.70. The minimum absolute atomic E-state index is 0.151. The van der Waals surface area contributed by atoms with Crippen LogP contribution in [0.15, 0.2) is 24.3 Å². The van der Waals surface area contributed by atoms with Gasteiger partial charge in [0.1, 0.15) is 0 Å². The highest BCUT2D eigenvalue weighted by Crippen LogP contribution is 2.11. The fourth-order valence-corrected chi connectivity index (χ4v) is 2.24. The van der Waals surface area contributed by atoms with Crippen molar-refractivity contribution in [3.8, 4) is 0 Å². The number of halogens is 1. The van der Waals surface area contributed by atoms with Gasteiger partial charge in [0, 0.05) is 18.0 Å². The molecule has 0 saturated heterocycles. The van der Waals surface area contributed by atoms with Gasteiger partial charge in [-0.1, -0.05) is 50.4 Å². The fourth-order valence-electron chi connectivity index (χ4n) is 2.02. The summed E-state index contributed by atoms with van der Waals surface area (Å²) in [5.74, 6) is 0.624. The second kappa shape index (κ2) is 8.15. The Morgan fingerprint density at radius 3 is 2.89 bits per heavy atom. The molecule has 1 amide bonds. The summed E-state index contributed by atoms with van der Waals surface area (Å²) in [4.78, 5) is 11.6. The highest BCUT2D eigenvalue weighted by Gasteiger charge is 2.07. The van der Waals surface area contributed by atoms with Gasteiger partial charge in [-0.25, -0.2) is 0 Å². The van der Waals surface area contributed by atoms with E-state index in [9.17, 15) is 4.79 Å². The second-order valence-electron chi connectivity index (χ2n) is 4.83. The van der Waals surface area contributed by atoms with Gasteiger partial charge in [-0.2, -0.15) is 0 Å². The largest absolute Gasteiger partial charge is 0.356 e. The molecule has 1 N–H and O–H groups in total. The van der Waals surface area contributed by atoms with Crippen molar-refractivity contribution in [2.24, 2.45) is 5.92 Å². The third-order valence-corrected chi connectivity index (χ3v) is 3.18. The molecule has 0 aromatic heterocycles. The van der Waals surface area contributed by atoms with Crippen molar-refractivity contribution in [1.82, 2.24) is 5.32 Å². The van der Waals surface area contributed by atoms with Crippen LogP contribution < -0.4 is 5.32 Å². The third kappa shape index (κ3) is 6.06. The van der Waals surface area contributed by atoms with Crippen LogP contribution in [0.5, 0.6) is 0 Å². The van der Waals surface area contributed by atoms with Crippen LogP contribution in [0.4, 0.5) is 0 Å². The maximum Gasteiger partial charge on any atom is 0.220 e. The summed E-state index contributed by atoms with van der Waals surface area (Å²) in [5, 5.41) is 3.70. The van der Waals surface area contributed by atoms with E-state index in [1.807, 2.05) is 24.3 Å². The van der Waals surface area contributed by atoms with Crippen LogP contribution in [0.1, 0.15) is 38.7 Å². The maximum atomic E-state index is 11.6. The molecule has 1 unspecified atom stereocenters. The van der Waals surface area contributed by atoms with Gasteiger partial charge in [-0.15, -0.1) is 0 Å². The normalized spacial score (nSPS) is 12.2. The first-order valence-corrected chi connectivity index (χ1v) is 7.00. The van der Waals surface area contributed by atoms with Crippen molar-refractivity contribution >= 4 is 17.5 Å². The predicted octanol–water partition coefficient (Wildman–Crippen LogP) is 3.83. The Bertz CT molecular complexity index is 379. The Balaban J connectivity index is 2.23. The number of carbonyl (C=O) groups excluding carboxylic acids is 1. The first kappa shape index (κ1) is 15.0. The number of amides is 1. The molecule has 0 aliphatic rings. The van der Waals surface area contributed by atoms with Gasteiger partial charge in [0.05, 0.1) is 0 Å². The van der Waals surface area contributed by atoms with E-state index in [2.05, 4.69) is 19.2 Å². The van der Waals surface area contributed by atoms with E-state index in [4.69, 9.17) is 11.6 Å². The zero-order chi connectivity index (χ0) is 13.4. The molecule has 0 saturated carbocycles. The molecule has 0 aliphatic carbocycles. The van der Waals surface area contributed by atoms with Gasteiger partial charge in [0.15, 0.2) is 0 Å². The first-order chi connectivity index (χ1) is 8.61. The predicted molar refractivity (Wildman–Crippen MR) is 76.9 cm³/mol. The Morgan fingerprint density at radius 1 is 1.44 bits per heavy atom. The molecule has 0 aliphatic heterocycles. The number of rotatable bonds is 7. The van der Waals surface area contributed by atoms with Gasteiger partial charge < -0.3 is 5.32 Å². The van der Waals surface area contributed by atoms with Crippen molar-refractivity contribution in [2.45, 2.75) is 39.5 Å². The molecule has 0 heterocycles. The van der Waals surface area contributed by atoms with E-state index in [-0.39, 0.29) is 5.91 Å². The summed E-state index contributed by atoms with van der Waals surface area (Å²) in [6.45, 7) is 4.95. The maximum absolute atomic E-state index is 11.6. The molecule has 1 aromatic rings. The van der Waals surface area contributed by atoms with Crippen LogP contribution >= 0.6 is 11.6 Å². The minimum Gasteiger partial charge on any atom is -0.356 e. The van der Waals surface area contributed by atoms with E-state index in [0.717, 1.165) is 29.8 Å². The lowest BCUT2D eigenvalue weighted by Crippen LogP contribution is -2.27. The van der Waals surface area contributed by atoms with E-state index in [1.54, 1.807) is 0 Å². The van der Waals surface area contributed by atoms with E-state index >= 15 is 0 Å². The van der Waals surface area contributed by atoms with Gasteiger partial charge in [-0.3, -0.25) is 4.79 Å². The Kier molecular flexibility index (Phi) is 6.81. The van der Waals surface area contributed by atoms with Crippen LogP contribution in [0.2, 0.25) is 5.02 Å². The highest BCUT2D eigenvalue weighted by molar-refractivity contribution is 6.30. The van der Waals surface area contributed by atoms with E-state index in [0.29, 0.717) is 18.9 Å². The first-order valence-electron chi connectivity index (χ1n) is 6.63. The van der Waals surface area contributed by atoms with Crippen molar-refractivity contribution in [1.29, 1.82) is 0 Å². The zero-order valence-corrected chi connectivity index (χ0v) is 12.0. The van der Waals surface area contributed by atoms with Crippen LogP contribution in [0.3, 0.4) is 0 Å². The Hall–Kier alpha value is -1.02. The average molecular weight is 268 g/mol. The Labute approximate surface area is 115 Å². The number of hydrogen-bond donors (Lipinski definition) is 1. The van der Waals surface area contributed by atoms with Gasteiger partial charge in [-0.05, 0) is 30.0 Å². The van der Waals surface area contributed by atoms with Gasteiger partial charge >= 0.3 is 0 Å². The summed E-state index contributed by atoms with van der Waals surface area (Å²) in [6, 6.07) is 7.75. The molecule has 0 bridgehead atoms. The average Bonchev–Trinajstić information content (AvgIpc) is 2.29. The SMILES string of the molecule is CCCC(C)CC(=O)NCCc1cccc(Cl)c1. The van der Waals surface area contributed by atoms with Crippen molar-refractivity contribution in [2.75, 3.05) is 6.54 Å². The van der Waals surface area contributed by atoms with E-state index in [1.165, 1.54) is 0 Å². The third-order valence-electron chi connectivity index (χ3n) is 2.94. The quantitative estimate of drug-likeness (QED) is 0.799. The Morgan fingerprint density at radius 2 is 2.22 bits per heavy atom. The summed E-state index contributed by atoms with van der Waals surface area (Å²) < 4.78 is 0. The lowest BCUT2D eigenvalue weighted by atomic mass is 10.0. The topological polar surface area (TPSA) is 29.1 Å². The number of benzene rings is 1. The second-order valence-corrected chi connectivity index (χ2v) is 5.26.